The quantitative estimate of drug-likeness (QED) is 0.137. The molecule has 6 heteroatoms. The number of carbonyl (C=O) groups is 2. The second-order valence-corrected chi connectivity index (χ2v) is 9.43. The van der Waals surface area contributed by atoms with E-state index in [2.05, 4.69) is 24.4 Å². The number of likely N-dealkylation sites (N-methyl/N-ethyl adjacent to an activating group) is 1. The standard InChI is InChI=1S/C25H48N2O4/c1-4-5-6-13-17-23(28)18-14-11-9-7-8-10-12-15-19-24(29)26-20-16-21-27(2,3)22-25(30)31/h11,14,23,28H,4-10,12-13,15-22H2,1-3H3,(H-,26,29,30,31)/p+1/b14-11-/t23-/m1/s1. The van der Waals surface area contributed by atoms with Gasteiger partial charge in [-0.05, 0) is 32.1 Å². The van der Waals surface area contributed by atoms with E-state index in [1.165, 1.54) is 32.1 Å². The Morgan fingerprint density at radius 1 is 0.935 bits per heavy atom. The van der Waals surface area contributed by atoms with Crippen molar-refractivity contribution in [1.29, 1.82) is 0 Å². The summed E-state index contributed by atoms with van der Waals surface area (Å²) in [4.78, 5) is 22.7. The number of unbranched alkanes of at least 4 members (excludes halogenated alkanes) is 8. The predicted octanol–water partition coefficient (Wildman–Crippen LogP) is 4.66. The zero-order valence-electron chi connectivity index (χ0n) is 20.4. The summed E-state index contributed by atoms with van der Waals surface area (Å²) in [5, 5.41) is 21.7. The molecule has 0 fully saturated rings. The van der Waals surface area contributed by atoms with E-state index in [0.29, 0.717) is 17.4 Å². The van der Waals surface area contributed by atoms with E-state index < -0.39 is 5.97 Å². The Morgan fingerprint density at radius 2 is 1.61 bits per heavy atom. The first-order chi connectivity index (χ1) is 14.8. The maximum Gasteiger partial charge on any atom is 0.359 e. The average Bonchev–Trinajstić information content (AvgIpc) is 2.69. The van der Waals surface area contributed by atoms with Crippen LogP contribution in [0.25, 0.3) is 0 Å². The molecule has 0 aromatic heterocycles. The number of quaternary nitrogens is 1. The first kappa shape index (κ1) is 29.6. The van der Waals surface area contributed by atoms with Gasteiger partial charge in [-0.2, -0.15) is 0 Å². The molecule has 6 nitrogen and oxygen atoms in total. The van der Waals surface area contributed by atoms with Gasteiger partial charge in [0.25, 0.3) is 0 Å². The first-order valence-corrected chi connectivity index (χ1v) is 12.4. The summed E-state index contributed by atoms with van der Waals surface area (Å²) in [7, 11) is 3.79. The Labute approximate surface area is 190 Å². The van der Waals surface area contributed by atoms with Crippen molar-refractivity contribution >= 4 is 11.9 Å². The molecule has 0 heterocycles. The van der Waals surface area contributed by atoms with Crippen LogP contribution in [-0.2, 0) is 9.59 Å². The van der Waals surface area contributed by atoms with Crippen molar-refractivity contribution in [3.63, 3.8) is 0 Å². The van der Waals surface area contributed by atoms with Gasteiger partial charge in [-0.1, -0.05) is 64.0 Å². The highest BCUT2D eigenvalue weighted by atomic mass is 16.4. The normalized spacial score (nSPS) is 12.9. The van der Waals surface area contributed by atoms with E-state index in [-0.39, 0.29) is 18.6 Å². The van der Waals surface area contributed by atoms with Crippen molar-refractivity contribution in [3.05, 3.63) is 12.2 Å². The van der Waals surface area contributed by atoms with Gasteiger partial charge in [0, 0.05) is 19.4 Å². The Balaban J connectivity index is 3.48. The van der Waals surface area contributed by atoms with Gasteiger partial charge >= 0.3 is 5.97 Å². The summed E-state index contributed by atoms with van der Waals surface area (Å²) in [6, 6.07) is 0. The third-order valence-corrected chi connectivity index (χ3v) is 5.57. The Hall–Kier alpha value is -1.40. The zero-order chi connectivity index (χ0) is 23.4. The fourth-order valence-electron chi connectivity index (χ4n) is 3.64. The van der Waals surface area contributed by atoms with Gasteiger partial charge in [0.1, 0.15) is 0 Å². The number of allylic oxidation sites excluding steroid dienone is 1. The van der Waals surface area contributed by atoms with E-state index in [1.807, 2.05) is 14.1 Å². The number of hydrogen-bond acceptors (Lipinski definition) is 3. The van der Waals surface area contributed by atoms with Crippen molar-refractivity contribution in [2.75, 3.05) is 33.7 Å². The van der Waals surface area contributed by atoms with Gasteiger partial charge in [-0.15, -0.1) is 0 Å². The van der Waals surface area contributed by atoms with Gasteiger partial charge < -0.3 is 20.0 Å². The summed E-state index contributed by atoms with van der Waals surface area (Å²) >= 11 is 0. The van der Waals surface area contributed by atoms with Crippen molar-refractivity contribution in [2.45, 2.75) is 103 Å². The highest BCUT2D eigenvalue weighted by molar-refractivity contribution is 5.75. The van der Waals surface area contributed by atoms with Crippen LogP contribution >= 0.6 is 0 Å². The van der Waals surface area contributed by atoms with Crippen LogP contribution in [0, 0.1) is 0 Å². The largest absolute Gasteiger partial charge is 0.477 e. The van der Waals surface area contributed by atoms with Gasteiger partial charge in [0.2, 0.25) is 5.91 Å². The van der Waals surface area contributed by atoms with Crippen LogP contribution in [0.1, 0.15) is 96.8 Å². The maximum absolute atomic E-state index is 11.9. The monoisotopic (exact) mass is 441 g/mol. The van der Waals surface area contributed by atoms with Crippen LogP contribution in [0.3, 0.4) is 0 Å². The third kappa shape index (κ3) is 21.6. The molecule has 0 aromatic rings. The number of aliphatic carboxylic acids is 1. The highest BCUT2D eigenvalue weighted by Crippen LogP contribution is 2.10. The Bertz CT molecular complexity index is 492. The molecular formula is C25H49N2O4+. The summed E-state index contributed by atoms with van der Waals surface area (Å²) in [5.41, 5.74) is 0. The lowest BCUT2D eigenvalue weighted by Crippen LogP contribution is -2.45. The molecule has 0 radical (unpaired) electrons. The molecule has 0 spiro atoms. The lowest BCUT2D eigenvalue weighted by molar-refractivity contribution is -0.883. The molecule has 0 rings (SSSR count). The number of amides is 1. The van der Waals surface area contributed by atoms with Crippen LogP contribution in [0.4, 0.5) is 0 Å². The summed E-state index contributed by atoms with van der Waals surface area (Å²) in [6.45, 7) is 3.65. The number of aliphatic hydroxyl groups is 1. The molecule has 0 saturated carbocycles. The fraction of sp³-hybridized carbons (Fsp3) is 0.840. The van der Waals surface area contributed by atoms with E-state index in [9.17, 15) is 14.7 Å². The average molecular weight is 442 g/mol. The number of nitrogens with one attached hydrogen (secondary N) is 1. The number of hydrogen-bond donors (Lipinski definition) is 3. The van der Waals surface area contributed by atoms with Crippen LogP contribution in [0.5, 0.6) is 0 Å². The minimum atomic E-state index is -0.794. The summed E-state index contributed by atoms with van der Waals surface area (Å²) < 4.78 is 0.431. The number of carbonyl (C=O) groups excluding carboxylic acids is 1. The van der Waals surface area contributed by atoms with E-state index in [0.717, 1.165) is 57.9 Å². The lowest BCUT2D eigenvalue weighted by atomic mass is 10.1. The number of aliphatic hydroxyl groups excluding tert-OH is 1. The summed E-state index contributed by atoms with van der Waals surface area (Å²) in [5.74, 6) is -0.697. The third-order valence-electron chi connectivity index (χ3n) is 5.57. The molecule has 0 aliphatic carbocycles. The van der Waals surface area contributed by atoms with Crippen molar-refractivity contribution < 1.29 is 24.3 Å². The van der Waals surface area contributed by atoms with Crippen LogP contribution in [-0.4, -0.2) is 66.4 Å². The Kier molecular flexibility index (Phi) is 18.4. The molecule has 0 bridgehead atoms. The molecule has 1 atom stereocenters. The lowest BCUT2D eigenvalue weighted by Gasteiger charge is -2.27. The van der Waals surface area contributed by atoms with Gasteiger partial charge in [0.15, 0.2) is 6.54 Å². The molecular weight excluding hydrogens is 392 g/mol. The van der Waals surface area contributed by atoms with E-state index in [4.69, 9.17) is 5.11 Å². The molecule has 0 saturated heterocycles. The molecule has 182 valence electrons. The second kappa shape index (κ2) is 19.3. The van der Waals surface area contributed by atoms with Crippen LogP contribution in [0.15, 0.2) is 12.2 Å². The smallest absolute Gasteiger partial charge is 0.359 e. The number of rotatable bonds is 21. The minimum absolute atomic E-state index is 0.0970. The van der Waals surface area contributed by atoms with Crippen molar-refractivity contribution in [3.8, 4) is 0 Å². The molecule has 3 N–H and O–H groups in total. The van der Waals surface area contributed by atoms with Crippen molar-refractivity contribution in [2.24, 2.45) is 0 Å². The van der Waals surface area contributed by atoms with Gasteiger partial charge in [-0.25, -0.2) is 4.79 Å². The van der Waals surface area contributed by atoms with E-state index in [1.54, 1.807) is 0 Å². The number of nitrogens with zero attached hydrogens (tertiary/aromatic N) is 1. The van der Waals surface area contributed by atoms with Crippen LogP contribution < -0.4 is 5.32 Å². The highest BCUT2D eigenvalue weighted by Gasteiger charge is 2.18. The second-order valence-electron chi connectivity index (χ2n) is 9.43. The molecule has 0 aromatic carbocycles. The topological polar surface area (TPSA) is 86.6 Å². The van der Waals surface area contributed by atoms with Gasteiger partial charge in [-0.3, -0.25) is 4.79 Å². The number of carboxylic acid groups (broad SMARTS) is 1. The minimum Gasteiger partial charge on any atom is -0.477 e. The molecule has 0 unspecified atom stereocenters. The molecule has 31 heavy (non-hydrogen) atoms. The maximum atomic E-state index is 11.9. The molecule has 0 aliphatic rings. The van der Waals surface area contributed by atoms with Crippen LogP contribution in [0.2, 0.25) is 0 Å². The van der Waals surface area contributed by atoms with Gasteiger partial charge in [0.05, 0.1) is 26.7 Å². The summed E-state index contributed by atoms with van der Waals surface area (Å²) in [6.07, 6.45) is 18.6. The Morgan fingerprint density at radius 3 is 2.32 bits per heavy atom. The predicted molar refractivity (Wildman–Crippen MR) is 128 cm³/mol. The molecule has 1 amide bonds. The van der Waals surface area contributed by atoms with Crippen molar-refractivity contribution in [1.82, 2.24) is 5.32 Å². The first-order valence-electron chi connectivity index (χ1n) is 12.4. The fourth-order valence-corrected chi connectivity index (χ4v) is 3.64. The SMILES string of the molecule is CCCCCC[C@@H](O)C/C=C\CCCCCCCC(=O)NCCC[N+](C)(C)CC(=O)O. The molecule has 0 aliphatic heterocycles. The number of carboxylic acids is 1. The van der Waals surface area contributed by atoms with E-state index >= 15 is 0 Å². The zero-order valence-corrected chi connectivity index (χ0v) is 20.4.